The van der Waals surface area contributed by atoms with Crippen molar-refractivity contribution in [1.29, 1.82) is 0 Å². The van der Waals surface area contributed by atoms with Crippen LogP contribution in [-0.2, 0) is 0 Å². The van der Waals surface area contributed by atoms with E-state index >= 15 is 0 Å². The number of carbonyl (C=O) groups is 1. The van der Waals surface area contributed by atoms with E-state index in [9.17, 15) is 4.79 Å². The molecule has 0 aliphatic rings. The standard InChI is InChI=1S/C16H11BrN2O2/c17-13-6-3-4-11(8-13)10-18-19-16(20)15-9-12-5-1-2-7-14(12)21-15/h1-10H,(H,19,20)/b18-10+. The highest BCUT2D eigenvalue weighted by Crippen LogP contribution is 2.18. The molecule has 0 bridgehead atoms. The summed E-state index contributed by atoms with van der Waals surface area (Å²) in [6.45, 7) is 0. The van der Waals surface area contributed by atoms with Crippen LogP contribution >= 0.6 is 15.9 Å². The molecule has 0 aliphatic heterocycles. The molecule has 0 saturated heterocycles. The van der Waals surface area contributed by atoms with E-state index in [-0.39, 0.29) is 11.7 Å². The van der Waals surface area contributed by atoms with E-state index in [1.54, 1.807) is 12.3 Å². The molecule has 1 amide bonds. The summed E-state index contributed by atoms with van der Waals surface area (Å²) in [5.74, 6) is -0.139. The van der Waals surface area contributed by atoms with Gasteiger partial charge in [0.1, 0.15) is 5.58 Å². The van der Waals surface area contributed by atoms with Gasteiger partial charge in [-0.1, -0.05) is 46.3 Å². The fourth-order valence-electron chi connectivity index (χ4n) is 1.90. The Hall–Kier alpha value is -2.40. The Bertz CT molecular complexity index is 791. The Kier molecular flexibility index (Phi) is 3.83. The second kappa shape index (κ2) is 5.93. The zero-order valence-electron chi connectivity index (χ0n) is 10.9. The zero-order valence-corrected chi connectivity index (χ0v) is 12.5. The lowest BCUT2D eigenvalue weighted by Crippen LogP contribution is -2.16. The van der Waals surface area contributed by atoms with Crippen LogP contribution in [0.15, 0.2) is 68.6 Å². The van der Waals surface area contributed by atoms with Crippen LogP contribution in [-0.4, -0.2) is 12.1 Å². The summed E-state index contributed by atoms with van der Waals surface area (Å²) in [5.41, 5.74) is 4.01. The molecular weight excluding hydrogens is 332 g/mol. The molecule has 3 rings (SSSR count). The van der Waals surface area contributed by atoms with E-state index in [0.717, 1.165) is 15.4 Å². The third-order valence-corrected chi connectivity index (χ3v) is 3.37. The Morgan fingerprint density at radius 1 is 1.14 bits per heavy atom. The largest absolute Gasteiger partial charge is 0.451 e. The van der Waals surface area contributed by atoms with Crippen molar-refractivity contribution in [3.05, 3.63) is 70.4 Å². The first-order valence-electron chi connectivity index (χ1n) is 6.30. The molecule has 3 aromatic rings. The van der Waals surface area contributed by atoms with E-state index in [2.05, 4.69) is 26.5 Å². The van der Waals surface area contributed by atoms with Gasteiger partial charge in [0.25, 0.3) is 0 Å². The first-order chi connectivity index (χ1) is 10.2. The molecule has 0 saturated carbocycles. The minimum Gasteiger partial charge on any atom is -0.451 e. The predicted molar refractivity (Wildman–Crippen MR) is 85.4 cm³/mol. The topological polar surface area (TPSA) is 54.6 Å². The maximum absolute atomic E-state index is 11.9. The van der Waals surface area contributed by atoms with Crippen LogP contribution in [0.1, 0.15) is 16.1 Å². The Morgan fingerprint density at radius 3 is 2.81 bits per heavy atom. The number of carbonyl (C=O) groups excluding carboxylic acids is 1. The number of rotatable bonds is 3. The fraction of sp³-hybridized carbons (Fsp3) is 0. The van der Waals surface area contributed by atoms with Crippen LogP contribution in [0.3, 0.4) is 0 Å². The van der Waals surface area contributed by atoms with Crippen molar-refractivity contribution in [2.75, 3.05) is 0 Å². The summed E-state index contributed by atoms with van der Waals surface area (Å²) in [7, 11) is 0. The molecule has 0 aliphatic carbocycles. The smallest absolute Gasteiger partial charge is 0.307 e. The first kappa shape index (κ1) is 13.6. The van der Waals surface area contributed by atoms with Crippen LogP contribution in [0.4, 0.5) is 0 Å². The lowest BCUT2D eigenvalue weighted by Gasteiger charge is -1.96. The number of halogens is 1. The Balaban J connectivity index is 1.71. The maximum Gasteiger partial charge on any atom is 0.307 e. The van der Waals surface area contributed by atoms with Crippen molar-refractivity contribution < 1.29 is 9.21 Å². The van der Waals surface area contributed by atoms with Gasteiger partial charge < -0.3 is 4.42 Å². The van der Waals surface area contributed by atoms with E-state index in [1.165, 1.54) is 0 Å². The molecule has 1 aromatic heterocycles. The van der Waals surface area contributed by atoms with Gasteiger partial charge in [-0.2, -0.15) is 5.10 Å². The molecule has 2 aromatic carbocycles. The predicted octanol–water partition coefficient (Wildman–Crippen LogP) is 3.96. The molecule has 1 N–H and O–H groups in total. The van der Waals surface area contributed by atoms with Crippen molar-refractivity contribution >= 4 is 39.0 Å². The molecule has 5 heteroatoms. The molecule has 0 unspecified atom stereocenters. The van der Waals surface area contributed by atoms with Gasteiger partial charge >= 0.3 is 5.91 Å². The number of amides is 1. The number of hydrogen-bond acceptors (Lipinski definition) is 3. The molecule has 4 nitrogen and oxygen atoms in total. The highest BCUT2D eigenvalue weighted by atomic mass is 79.9. The number of benzene rings is 2. The van der Waals surface area contributed by atoms with Gasteiger partial charge in [0.2, 0.25) is 0 Å². The third-order valence-electron chi connectivity index (χ3n) is 2.88. The average molecular weight is 343 g/mol. The van der Waals surface area contributed by atoms with Gasteiger partial charge in [-0.25, -0.2) is 5.43 Å². The lowest BCUT2D eigenvalue weighted by atomic mass is 10.2. The third kappa shape index (κ3) is 3.20. The number of hydrazone groups is 1. The molecule has 0 radical (unpaired) electrons. The summed E-state index contributed by atoms with van der Waals surface area (Å²) in [4.78, 5) is 11.9. The molecule has 0 spiro atoms. The van der Waals surface area contributed by atoms with Crippen molar-refractivity contribution in [2.45, 2.75) is 0 Å². The minimum absolute atomic E-state index is 0.239. The first-order valence-corrected chi connectivity index (χ1v) is 7.09. The molecular formula is C16H11BrN2O2. The van der Waals surface area contributed by atoms with Crippen LogP contribution in [0.2, 0.25) is 0 Å². The average Bonchev–Trinajstić information content (AvgIpc) is 2.91. The van der Waals surface area contributed by atoms with Gasteiger partial charge in [-0.05, 0) is 29.8 Å². The van der Waals surface area contributed by atoms with Gasteiger partial charge in [-0.3, -0.25) is 4.79 Å². The summed E-state index contributed by atoms with van der Waals surface area (Å²) in [6, 6.07) is 16.8. The summed E-state index contributed by atoms with van der Waals surface area (Å²) >= 11 is 3.38. The van der Waals surface area contributed by atoms with E-state index in [1.807, 2.05) is 48.5 Å². The summed E-state index contributed by atoms with van der Waals surface area (Å²) < 4.78 is 6.41. The number of nitrogens with zero attached hydrogens (tertiary/aromatic N) is 1. The Morgan fingerprint density at radius 2 is 2.00 bits per heavy atom. The lowest BCUT2D eigenvalue weighted by molar-refractivity contribution is 0.0929. The number of hydrogen-bond donors (Lipinski definition) is 1. The molecule has 104 valence electrons. The summed E-state index contributed by atoms with van der Waals surface area (Å²) in [6.07, 6.45) is 1.57. The summed E-state index contributed by atoms with van der Waals surface area (Å²) in [5, 5.41) is 4.81. The van der Waals surface area contributed by atoms with E-state index in [0.29, 0.717) is 5.58 Å². The highest BCUT2D eigenvalue weighted by Gasteiger charge is 2.10. The highest BCUT2D eigenvalue weighted by molar-refractivity contribution is 9.10. The van der Waals surface area contributed by atoms with Crippen molar-refractivity contribution in [1.82, 2.24) is 5.43 Å². The van der Waals surface area contributed by atoms with Gasteiger partial charge in [-0.15, -0.1) is 0 Å². The molecule has 0 fully saturated rings. The SMILES string of the molecule is O=C(N/N=C/c1cccc(Br)c1)c1cc2ccccc2o1. The second-order valence-corrected chi connectivity index (χ2v) is 5.32. The minimum atomic E-state index is -0.377. The van der Waals surface area contributed by atoms with Crippen molar-refractivity contribution in [3.8, 4) is 0 Å². The van der Waals surface area contributed by atoms with Gasteiger partial charge in [0, 0.05) is 9.86 Å². The van der Waals surface area contributed by atoms with E-state index in [4.69, 9.17) is 4.42 Å². The second-order valence-electron chi connectivity index (χ2n) is 4.40. The van der Waals surface area contributed by atoms with Crippen LogP contribution < -0.4 is 5.43 Å². The zero-order chi connectivity index (χ0) is 14.7. The van der Waals surface area contributed by atoms with Gasteiger partial charge in [0.15, 0.2) is 5.76 Å². The Labute approximate surface area is 129 Å². The van der Waals surface area contributed by atoms with Crippen molar-refractivity contribution in [2.24, 2.45) is 5.10 Å². The fourth-order valence-corrected chi connectivity index (χ4v) is 2.32. The van der Waals surface area contributed by atoms with Gasteiger partial charge in [0.05, 0.1) is 6.21 Å². The normalized spacial score (nSPS) is 11.1. The quantitative estimate of drug-likeness (QED) is 0.578. The number of para-hydroxylation sites is 1. The van der Waals surface area contributed by atoms with Crippen LogP contribution in [0.5, 0.6) is 0 Å². The monoisotopic (exact) mass is 342 g/mol. The number of furan rings is 1. The number of fused-ring (bicyclic) bond motifs is 1. The molecule has 21 heavy (non-hydrogen) atoms. The number of nitrogens with one attached hydrogen (secondary N) is 1. The van der Waals surface area contributed by atoms with Crippen LogP contribution in [0.25, 0.3) is 11.0 Å². The van der Waals surface area contributed by atoms with Crippen molar-refractivity contribution in [3.63, 3.8) is 0 Å². The van der Waals surface area contributed by atoms with Crippen LogP contribution in [0, 0.1) is 0 Å². The van der Waals surface area contributed by atoms with E-state index < -0.39 is 0 Å². The molecule has 0 atom stereocenters. The molecule has 1 heterocycles. The maximum atomic E-state index is 11.9.